The van der Waals surface area contributed by atoms with E-state index in [0.29, 0.717) is 6.61 Å². The summed E-state index contributed by atoms with van der Waals surface area (Å²) in [5, 5.41) is 0.0833. The van der Waals surface area contributed by atoms with Gasteiger partial charge in [-0.05, 0) is 62.6 Å². The Morgan fingerprint density at radius 3 is 1.74 bits per heavy atom. The molecule has 0 heterocycles. The van der Waals surface area contributed by atoms with Crippen molar-refractivity contribution >= 4 is 22.7 Å². The van der Waals surface area contributed by atoms with Gasteiger partial charge in [0.25, 0.3) is 0 Å². The number of benzene rings is 1. The van der Waals surface area contributed by atoms with Crippen LogP contribution in [0.5, 0.6) is 0 Å². The average molecular weight is 510 g/mol. The van der Waals surface area contributed by atoms with Gasteiger partial charge in [0.15, 0.2) is 16.6 Å². The molecule has 0 saturated carbocycles. The number of carbonyl (C=O) groups is 1. The van der Waals surface area contributed by atoms with Gasteiger partial charge in [0, 0.05) is 7.05 Å². The zero-order valence-electron chi connectivity index (χ0n) is 24.3. The van der Waals surface area contributed by atoms with Crippen molar-refractivity contribution in [2.75, 3.05) is 13.7 Å². The van der Waals surface area contributed by atoms with E-state index in [1.807, 2.05) is 39.0 Å². The van der Waals surface area contributed by atoms with Gasteiger partial charge >= 0.3 is 6.09 Å². The summed E-state index contributed by atoms with van der Waals surface area (Å²) in [5.41, 5.74) is 0.463. The maximum Gasteiger partial charge on any atom is 0.410 e. The predicted molar refractivity (Wildman–Crippen MR) is 148 cm³/mol. The number of hydrogen-bond donors (Lipinski definition) is 0. The van der Waals surface area contributed by atoms with E-state index < -0.39 is 22.2 Å². The first-order valence-electron chi connectivity index (χ1n) is 12.4. The molecule has 0 aromatic heterocycles. The van der Waals surface area contributed by atoms with Crippen molar-refractivity contribution in [1.29, 1.82) is 0 Å². The van der Waals surface area contributed by atoms with E-state index in [4.69, 9.17) is 13.6 Å². The van der Waals surface area contributed by atoms with Crippen LogP contribution in [0.15, 0.2) is 30.3 Å². The second-order valence-corrected chi connectivity index (χ2v) is 23.0. The lowest BCUT2D eigenvalue weighted by Crippen LogP contribution is -2.53. The standard InChI is InChI=1S/C27H51NO4Si2/c1-25(2,3)31-24(29)28(10)22(20-30-33(11,12)26(4,5)6)23(21-18-16-15-17-19-21)32-34(13,14)27(7,8)9/h15-19,22-23H,20H2,1-14H3/t22-,23+/m1/s1. The Balaban J connectivity index is 3.52. The maximum atomic E-state index is 13.2. The van der Waals surface area contributed by atoms with E-state index in [-0.39, 0.29) is 28.3 Å². The van der Waals surface area contributed by atoms with E-state index in [1.54, 1.807) is 11.9 Å². The van der Waals surface area contributed by atoms with Crippen LogP contribution in [0, 0.1) is 0 Å². The minimum absolute atomic E-state index is 0.0232. The summed E-state index contributed by atoms with van der Waals surface area (Å²) in [7, 11) is -2.43. The summed E-state index contributed by atoms with van der Waals surface area (Å²) in [6, 6.07) is 9.89. The van der Waals surface area contributed by atoms with Gasteiger partial charge < -0.3 is 18.5 Å². The number of amides is 1. The van der Waals surface area contributed by atoms with Crippen LogP contribution in [0.2, 0.25) is 36.3 Å². The summed E-state index contributed by atoms with van der Waals surface area (Å²) in [4.78, 5) is 14.9. The van der Waals surface area contributed by atoms with Gasteiger partial charge in [0.1, 0.15) is 5.60 Å². The third-order valence-corrected chi connectivity index (χ3v) is 16.3. The summed E-state index contributed by atoms with van der Waals surface area (Å²) < 4.78 is 19.5. The topological polar surface area (TPSA) is 48.0 Å². The van der Waals surface area contributed by atoms with Crippen molar-refractivity contribution in [2.45, 2.75) is 116 Å². The fraction of sp³-hybridized carbons (Fsp3) is 0.741. The van der Waals surface area contributed by atoms with Crippen LogP contribution in [0.25, 0.3) is 0 Å². The lowest BCUT2D eigenvalue weighted by atomic mass is 10.0. The smallest absolute Gasteiger partial charge is 0.410 e. The first kappa shape index (κ1) is 30.9. The van der Waals surface area contributed by atoms with Crippen molar-refractivity contribution in [2.24, 2.45) is 0 Å². The van der Waals surface area contributed by atoms with Crippen molar-refractivity contribution < 1.29 is 18.4 Å². The molecule has 34 heavy (non-hydrogen) atoms. The van der Waals surface area contributed by atoms with Gasteiger partial charge in [-0.3, -0.25) is 0 Å². The highest BCUT2D eigenvalue weighted by atomic mass is 28.4. The molecule has 1 aromatic rings. The van der Waals surface area contributed by atoms with E-state index in [0.717, 1.165) is 5.56 Å². The molecule has 0 aliphatic heterocycles. The first-order valence-corrected chi connectivity index (χ1v) is 18.2. The van der Waals surface area contributed by atoms with Crippen molar-refractivity contribution in [3.8, 4) is 0 Å². The molecule has 0 radical (unpaired) electrons. The van der Waals surface area contributed by atoms with E-state index in [2.05, 4.69) is 79.9 Å². The second kappa shape index (κ2) is 10.8. The maximum absolute atomic E-state index is 13.2. The molecule has 2 atom stereocenters. The van der Waals surface area contributed by atoms with Gasteiger partial charge in [-0.15, -0.1) is 0 Å². The van der Waals surface area contributed by atoms with Crippen LogP contribution in [-0.2, 0) is 13.6 Å². The van der Waals surface area contributed by atoms with E-state index >= 15 is 0 Å². The zero-order chi connectivity index (χ0) is 26.8. The Bertz CT molecular complexity index is 790. The highest BCUT2D eigenvalue weighted by Crippen LogP contribution is 2.42. The molecule has 0 aliphatic carbocycles. The Labute approximate surface area is 211 Å². The van der Waals surface area contributed by atoms with Crippen molar-refractivity contribution in [3.63, 3.8) is 0 Å². The van der Waals surface area contributed by atoms with Gasteiger partial charge in [-0.25, -0.2) is 4.79 Å². The molecule has 1 amide bonds. The normalized spacial score (nSPS) is 15.6. The van der Waals surface area contributed by atoms with Crippen LogP contribution in [-0.4, -0.2) is 52.9 Å². The Morgan fingerprint density at radius 1 is 0.853 bits per heavy atom. The van der Waals surface area contributed by atoms with Crippen molar-refractivity contribution in [1.82, 2.24) is 4.90 Å². The molecule has 0 saturated heterocycles. The van der Waals surface area contributed by atoms with E-state index in [1.165, 1.54) is 0 Å². The third kappa shape index (κ3) is 8.50. The molecule has 1 rings (SSSR count). The van der Waals surface area contributed by atoms with Crippen LogP contribution in [0.1, 0.15) is 74.0 Å². The summed E-state index contributed by atoms with van der Waals surface area (Å²) in [6.45, 7) is 28.4. The summed E-state index contributed by atoms with van der Waals surface area (Å²) >= 11 is 0. The zero-order valence-corrected chi connectivity index (χ0v) is 26.3. The Morgan fingerprint density at radius 2 is 1.32 bits per heavy atom. The number of ether oxygens (including phenoxy) is 1. The van der Waals surface area contributed by atoms with Crippen LogP contribution in [0.4, 0.5) is 4.79 Å². The minimum Gasteiger partial charge on any atom is -0.444 e. The first-order chi connectivity index (χ1) is 15.1. The Kier molecular flexibility index (Phi) is 9.85. The molecule has 0 unspecified atom stereocenters. The fourth-order valence-corrected chi connectivity index (χ4v) is 5.19. The number of likely N-dealkylation sites (N-methyl/N-ethyl adjacent to an activating group) is 1. The van der Waals surface area contributed by atoms with E-state index in [9.17, 15) is 4.79 Å². The minimum atomic E-state index is -2.18. The van der Waals surface area contributed by atoms with Crippen LogP contribution >= 0.6 is 0 Å². The van der Waals surface area contributed by atoms with Gasteiger partial charge in [0.05, 0.1) is 18.8 Å². The molecule has 7 heteroatoms. The Hall–Kier alpha value is -1.16. The molecule has 196 valence electrons. The third-order valence-electron chi connectivity index (χ3n) is 7.31. The van der Waals surface area contributed by atoms with Crippen LogP contribution in [0.3, 0.4) is 0 Å². The van der Waals surface area contributed by atoms with Crippen LogP contribution < -0.4 is 0 Å². The summed E-state index contributed by atoms with van der Waals surface area (Å²) in [5.74, 6) is 0. The molecule has 0 N–H and O–H groups in total. The molecule has 0 bridgehead atoms. The SMILES string of the molecule is CN(C(=O)OC(C)(C)C)[C@H](CO[Si](C)(C)C(C)(C)C)[C@@H](O[Si](C)(C)C(C)(C)C)c1ccccc1. The molecular weight excluding hydrogens is 458 g/mol. The second-order valence-electron chi connectivity index (χ2n) is 13.4. The highest BCUT2D eigenvalue weighted by Gasteiger charge is 2.44. The highest BCUT2D eigenvalue weighted by molar-refractivity contribution is 6.74. The number of hydrogen-bond acceptors (Lipinski definition) is 4. The van der Waals surface area contributed by atoms with Gasteiger partial charge in [-0.1, -0.05) is 71.9 Å². The molecule has 0 aliphatic rings. The van der Waals surface area contributed by atoms with Crippen molar-refractivity contribution in [3.05, 3.63) is 35.9 Å². The monoisotopic (exact) mass is 509 g/mol. The molecule has 0 fully saturated rings. The molecule has 0 spiro atoms. The lowest BCUT2D eigenvalue weighted by molar-refractivity contribution is -0.00696. The summed E-state index contributed by atoms with van der Waals surface area (Å²) in [6.07, 6.45) is -0.694. The number of rotatable bonds is 8. The molecular formula is C27H51NO4Si2. The average Bonchev–Trinajstić information content (AvgIpc) is 2.64. The molecule has 1 aromatic carbocycles. The predicted octanol–water partition coefficient (Wildman–Crippen LogP) is 8.01. The fourth-order valence-electron chi connectivity index (χ4n) is 2.89. The quantitative estimate of drug-likeness (QED) is 0.333. The number of nitrogens with zero attached hydrogens (tertiary/aromatic N) is 1. The van der Waals surface area contributed by atoms with Gasteiger partial charge in [-0.2, -0.15) is 0 Å². The largest absolute Gasteiger partial charge is 0.444 e. The van der Waals surface area contributed by atoms with Gasteiger partial charge in [0.2, 0.25) is 0 Å². The lowest BCUT2D eigenvalue weighted by Gasteiger charge is -2.45. The molecule has 5 nitrogen and oxygen atoms in total. The number of carbonyl (C=O) groups excluding carboxylic acids is 1.